The summed E-state index contributed by atoms with van der Waals surface area (Å²) in [5, 5.41) is 16.2. The molecule has 0 saturated carbocycles. The summed E-state index contributed by atoms with van der Waals surface area (Å²) < 4.78 is 1.86. The molecular formula is C23H21N3O2S. The van der Waals surface area contributed by atoms with Crippen LogP contribution in [0.2, 0.25) is 0 Å². The molecule has 29 heavy (non-hydrogen) atoms. The fraction of sp³-hybridized carbons (Fsp3) is 0.130. The summed E-state index contributed by atoms with van der Waals surface area (Å²) in [5.41, 5.74) is 3.75. The van der Waals surface area contributed by atoms with Crippen molar-refractivity contribution in [3.05, 3.63) is 89.4 Å². The van der Waals surface area contributed by atoms with Crippen molar-refractivity contribution in [2.45, 2.75) is 13.0 Å². The van der Waals surface area contributed by atoms with Crippen molar-refractivity contribution in [2.24, 2.45) is 0 Å². The summed E-state index contributed by atoms with van der Waals surface area (Å²) in [6.07, 6.45) is 2.28. The van der Waals surface area contributed by atoms with Gasteiger partial charge >= 0.3 is 0 Å². The van der Waals surface area contributed by atoms with Gasteiger partial charge < -0.3 is 10.0 Å². The molecule has 5 nitrogen and oxygen atoms in total. The van der Waals surface area contributed by atoms with E-state index >= 15 is 0 Å². The largest absolute Gasteiger partial charge is 0.508 e. The summed E-state index contributed by atoms with van der Waals surface area (Å²) in [6.45, 7) is 0.469. The Labute approximate surface area is 173 Å². The Morgan fingerprint density at radius 3 is 2.52 bits per heavy atom. The molecular weight excluding hydrogens is 382 g/mol. The van der Waals surface area contributed by atoms with Gasteiger partial charge in [-0.1, -0.05) is 36.4 Å². The molecule has 0 atom stereocenters. The predicted molar refractivity (Wildman–Crippen MR) is 115 cm³/mol. The van der Waals surface area contributed by atoms with Gasteiger partial charge in [-0.2, -0.15) is 5.10 Å². The van der Waals surface area contributed by atoms with E-state index in [1.807, 2.05) is 58.7 Å². The number of phenols is 1. The van der Waals surface area contributed by atoms with E-state index in [1.165, 1.54) is 0 Å². The lowest BCUT2D eigenvalue weighted by atomic mass is 10.1. The lowest BCUT2D eigenvalue weighted by Crippen LogP contribution is -2.27. The Balaban J connectivity index is 1.57. The maximum absolute atomic E-state index is 12.7. The number of aromatic nitrogens is 2. The monoisotopic (exact) mass is 403 g/mol. The first-order chi connectivity index (χ1) is 14.1. The molecule has 0 radical (unpaired) electrons. The molecule has 0 saturated heterocycles. The molecule has 4 rings (SSSR count). The zero-order chi connectivity index (χ0) is 20.2. The normalized spacial score (nSPS) is 10.8. The number of para-hydroxylation sites is 1. The molecule has 0 unspecified atom stereocenters. The summed E-state index contributed by atoms with van der Waals surface area (Å²) in [4.78, 5) is 15.5. The molecule has 2 heterocycles. The van der Waals surface area contributed by atoms with Crippen LogP contribution in [0.15, 0.2) is 78.3 Å². The standard InChI is InChI=1S/C23H21N3O2S/c1-25(22(28)14-17-9-11-20(27)12-10-17)15-18-16-26(19-6-3-2-4-7-19)24-23(18)21-8-5-13-29-21/h2-13,16,27H,14-15H2,1H3. The molecule has 0 spiro atoms. The van der Waals surface area contributed by atoms with Crippen LogP contribution in [-0.4, -0.2) is 32.7 Å². The number of carbonyl (C=O) groups is 1. The number of hydrogen-bond acceptors (Lipinski definition) is 4. The van der Waals surface area contributed by atoms with Gasteiger partial charge in [0, 0.05) is 25.4 Å². The van der Waals surface area contributed by atoms with Gasteiger partial charge in [0.2, 0.25) is 5.91 Å². The van der Waals surface area contributed by atoms with E-state index in [2.05, 4.69) is 0 Å². The van der Waals surface area contributed by atoms with Crippen molar-refractivity contribution < 1.29 is 9.90 Å². The van der Waals surface area contributed by atoms with Gasteiger partial charge in [0.15, 0.2) is 0 Å². The summed E-state index contributed by atoms with van der Waals surface area (Å²) in [5.74, 6) is 0.212. The van der Waals surface area contributed by atoms with Crippen molar-refractivity contribution in [1.29, 1.82) is 0 Å². The Bertz CT molecular complexity index is 1090. The Morgan fingerprint density at radius 1 is 1.07 bits per heavy atom. The number of rotatable bonds is 6. The van der Waals surface area contributed by atoms with E-state index < -0.39 is 0 Å². The van der Waals surface area contributed by atoms with Crippen molar-refractivity contribution >= 4 is 17.2 Å². The van der Waals surface area contributed by atoms with Crippen LogP contribution in [-0.2, 0) is 17.8 Å². The maximum atomic E-state index is 12.7. The van der Waals surface area contributed by atoms with Gasteiger partial charge in [-0.3, -0.25) is 4.79 Å². The number of phenolic OH excluding ortho intramolecular Hbond substituents is 1. The highest BCUT2D eigenvalue weighted by molar-refractivity contribution is 7.13. The molecule has 6 heteroatoms. The first-order valence-electron chi connectivity index (χ1n) is 9.30. The minimum absolute atomic E-state index is 0.0141. The Morgan fingerprint density at radius 2 is 1.83 bits per heavy atom. The van der Waals surface area contributed by atoms with Gasteiger partial charge in [-0.25, -0.2) is 4.68 Å². The van der Waals surface area contributed by atoms with Crippen LogP contribution in [0, 0.1) is 0 Å². The molecule has 146 valence electrons. The van der Waals surface area contributed by atoms with Crippen LogP contribution in [0.4, 0.5) is 0 Å². The summed E-state index contributed by atoms with van der Waals surface area (Å²) >= 11 is 1.64. The highest BCUT2D eigenvalue weighted by Crippen LogP contribution is 2.28. The van der Waals surface area contributed by atoms with Crippen LogP contribution in [0.1, 0.15) is 11.1 Å². The fourth-order valence-corrected chi connectivity index (χ4v) is 3.87. The fourth-order valence-electron chi connectivity index (χ4n) is 3.13. The van der Waals surface area contributed by atoms with Crippen molar-refractivity contribution in [3.8, 4) is 22.0 Å². The van der Waals surface area contributed by atoms with Crippen LogP contribution in [0.3, 0.4) is 0 Å². The third-order valence-corrected chi connectivity index (χ3v) is 5.57. The SMILES string of the molecule is CN(Cc1cn(-c2ccccc2)nc1-c1cccs1)C(=O)Cc1ccc(O)cc1. The van der Waals surface area contributed by atoms with Gasteiger partial charge in [-0.05, 0) is 41.3 Å². The maximum Gasteiger partial charge on any atom is 0.227 e. The van der Waals surface area contributed by atoms with E-state index in [4.69, 9.17) is 5.10 Å². The highest BCUT2D eigenvalue weighted by Gasteiger charge is 2.17. The lowest BCUT2D eigenvalue weighted by molar-refractivity contribution is -0.129. The molecule has 0 aliphatic carbocycles. The zero-order valence-corrected chi connectivity index (χ0v) is 16.8. The number of benzene rings is 2. The first-order valence-corrected chi connectivity index (χ1v) is 10.2. The van der Waals surface area contributed by atoms with E-state index in [0.717, 1.165) is 27.4 Å². The average molecular weight is 404 g/mol. The molecule has 2 aromatic heterocycles. The van der Waals surface area contributed by atoms with Gasteiger partial charge in [0.25, 0.3) is 0 Å². The van der Waals surface area contributed by atoms with Crippen LogP contribution < -0.4 is 0 Å². The molecule has 0 fully saturated rings. The average Bonchev–Trinajstić information content (AvgIpc) is 3.40. The Hall–Kier alpha value is -3.38. The second-order valence-electron chi connectivity index (χ2n) is 6.85. The number of thiophene rings is 1. The first kappa shape index (κ1) is 19.0. The van der Waals surface area contributed by atoms with Crippen LogP contribution in [0.5, 0.6) is 5.75 Å². The third kappa shape index (κ3) is 4.38. The highest BCUT2D eigenvalue weighted by atomic mass is 32.1. The molecule has 0 aliphatic heterocycles. The van der Waals surface area contributed by atoms with Gasteiger partial charge in [0.1, 0.15) is 11.4 Å². The molecule has 0 bridgehead atoms. The van der Waals surface area contributed by atoms with E-state index in [0.29, 0.717) is 6.54 Å². The van der Waals surface area contributed by atoms with E-state index in [9.17, 15) is 9.90 Å². The number of nitrogens with zero attached hydrogens (tertiary/aromatic N) is 3. The Kier molecular flexibility index (Phi) is 5.44. The van der Waals surface area contributed by atoms with E-state index in [1.54, 1.807) is 47.5 Å². The number of aromatic hydroxyl groups is 1. The number of hydrogen-bond donors (Lipinski definition) is 1. The second-order valence-corrected chi connectivity index (χ2v) is 7.80. The number of amides is 1. The minimum Gasteiger partial charge on any atom is -0.508 e. The third-order valence-electron chi connectivity index (χ3n) is 4.69. The summed E-state index contributed by atoms with van der Waals surface area (Å²) in [6, 6.07) is 20.7. The quantitative estimate of drug-likeness (QED) is 0.515. The molecule has 1 amide bonds. The molecule has 0 aliphatic rings. The molecule has 1 N–H and O–H groups in total. The number of carbonyl (C=O) groups excluding carboxylic acids is 1. The van der Waals surface area contributed by atoms with E-state index in [-0.39, 0.29) is 18.1 Å². The van der Waals surface area contributed by atoms with Gasteiger partial charge in [0.05, 0.1) is 17.0 Å². The van der Waals surface area contributed by atoms with Gasteiger partial charge in [-0.15, -0.1) is 11.3 Å². The zero-order valence-electron chi connectivity index (χ0n) is 16.0. The molecule has 4 aromatic rings. The van der Waals surface area contributed by atoms with Crippen LogP contribution >= 0.6 is 11.3 Å². The van der Waals surface area contributed by atoms with Crippen molar-refractivity contribution in [2.75, 3.05) is 7.05 Å². The van der Waals surface area contributed by atoms with Crippen LogP contribution in [0.25, 0.3) is 16.3 Å². The molecule has 2 aromatic carbocycles. The predicted octanol–water partition coefficient (Wildman–Crippen LogP) is 4.51. The van der Waals surface area contributed by atoms with Crippen molar-refractivity contribution in [1.82, 2.24) is 14.7 Å². The smallest absolute Gasteiger partial charge is 0.227 e. The number of likely N-dealkylation sites (N-methyl/N-ethyl adjacent to an activating group) is 1. The second kappa shape index (κ2) is 8.32. The van der Waals surface area contributed by atoms with Crippen molar-refractivity contribution in [3.63, 3.8) is 0 Å². The lowest BCUT2D eigenvalue weighted by Gasteiger charge is -2.17. The minimum atomic E-state index is 0.0141. The topological polar surface area (TPSA) is 58.4 Å². The summed E-state index contributed by atoms with van der Waals surface area (Å²) in [7, 11) is 1.81.